The molecule has 1 rings (SSSR count). The molecular formula is C14H23NO2. The molecule has 3 nitrogen and oxygen atoms in total. The van der Waals surface area contributed by atoms with Gasteiger partial charge in [0.15, 0.2) is 0 Å². The topological polar surface area (TPSA) is 41.5 Å². The molecular weight excluding hydrogens is 214 g/mol. The summed E-state index contributed by atoms with van der Waals surface area (Å²) in [7, 11) is 3.57. The molecule has 3 heteroatoms. The van der Waals surface area contributed by atoms with E-state index in [-0.39, 0.29) is 0 Å². The smallest absolute Gasteiger partial charge is 0.118 e. The number of rotatable bonds is 7. The minimum absolute atomic E-state index is 0.594. The summed E-state index contributed by atoms with van der Waals surface area (Å²) in [5, 5.41) is 13.2. The molecule has 96 valence electrons. The number of methoxy groups -OCH3 is 1. The van der Waals surface area contributed by atoms with Crippen LogP contribution in [0.15, 0.2) is 24.3 Å². The van der Waals surface area contributed by atoms with Crippen LogP contribution in [0.1, 0.15) is 25.3 Å². The Kier molecular flexibility index (Phi) is 5.45. The summed E-state index contributed by atoms with van der Waals surface area (Å²) in [6.45, 7) is 2.74. The van der Waals surface area contributed by atoms with Crippen molar-refractivity contribution in [3.63, 3.8) is 0 Å². The second kappa shape index (κ2) is 6.62. The third-order valence-corrected chi connectivity index (χ3v) is 3.02. The Hall–Kier alpha value is -1.06. The fourth-order valence-electron chi connectivity index (χ4n) is 1.73. The van der Waals surface area contributed by atoms with Crippen molar-refractivity contribution in [2.75, 3.05) is 20.7 Å². The molecule has 0 fully saturated rings. The zero-order chi connectivity index (χ0) is 12.7. The third kappa shape index (κ3) is 5.20. The lowest BCUT2D eigenvalue weighted by Crippen LogP contribution is -2.29. The number of aryl methyl sites for hydroxylation is 1. The van der Waals surface area contributed by atoms with E-state index in [9.17, 15) is 5.11 Å². The van der Waals surface area contributed by atoms with Gasteiger partial charge in [-0.05, 0) is 57.5 Å². The van der Waals surface area contributed by atoms with Crippen LogP contribution < -0.4 is 10.1 Å². The minimum Gasteiger partial charge on any atom is -0.497 e. The molecule has 2 N–H and O–H groups in total. The molecule has 1 atom stereocenters. The first kappa shape index (κ1) is 14.0. The van der Waals surface area contributed by atoms with Crippen molar-refractivity contribution >= 4 is 0 Å². The van der Waals surface area contributed by atoms with E-state index in [0.29, 0.717) is 0 Å². The maximum absolute atomic E-state index is 10.1. The fourth-order valence-corrected chi connectivity index (χ4v) is 1.73. The van der Waals surface area contributed by atoms with Crippen LogP contribution in [0.2, 0.25) is 0 Å². The SMILES string of the molecule is CNCCC(C)(O)CCc1ccc(OC)cc1. The van der Waals surface area contributed by atoms with E-state index in [4.69, 9.17) is 4.74 Å². The Morgan fingerprint density at radius 1 is 1.24 bits per heavy atom. The largest absolute Gasteiger partial charge is 0.497 e. The lowest BCUT2D eigenvalue weighted by Gasteiger charge is -2.23. The average Bonchev–Trinajstić information content (AvgIpc) is 2.35. The molecule has 0 radical (unpaired) electrons. The lowest BCUT2D eigenvalue weighted by molar-refractivity contribution is 0.0431. The molecule has 0 saturated carbocycles. The third-order valence-electron chi connectivity index (χ3n) is 3.02. The van der Waals surface area contributed by atoms with Crippen LogP contribution in [0.4, 0.5) is 0 Å². The van der Waals surface area contributed by atoms with Crippen LogP contribution in [0, 0.1) is 0 Å². The van der Waals surface area contributed by atoms with Gasteiger partial charge in [0.25, 0.3) is 0 Å². The van der Waals surface area contributed by atoms with Crippen LogP contribution >= 0.6 is 0 Å². The molecule has 0 aromatic heterocycles. The van der Waals surface area contributed by atoms with Gasteiger partial charge in [-0.2, -0.15) is 0 Å². The normalized spacial score (nSPS) is 14.4. The first-order valence-electron chi connectivity index (χ1n) is 6.07. The maximum Gasteiger partial charge on any atom is 0.118 e. The van der Waals surface area contributed by atoms with Crippen molar-refractivity contribution in [2.45, 2.75) is 31.8 Å². The van der Waals surface area contributed by atoms with Crippen LogP contribution in [0.5, 0.6) is 5.75 Å². The highest BCUT2D eigenvalue weighted by Crippen LogP contribution is 2.19. The van der Waals surface area contributed by atoms with Gasteiger partial charge in [0.1, 0.15) is 5.75 Å². The van der Waals surface area contributed by atoms with Crippen molar-refractivity contribution in [1.29, 1.82) is 0 Å². The van der Waals surface area contributed by atoms with Gasteiger partial charge in [0, 0.05) is 0 Å². The van der Waals surface area contributed by atoms with E-state index in [0.717, 1.165) is 31.6 Å². The van der Waals surface area contributed by atoms with Crippen LogP contribution in [0.3, 0.4) is 0 Å². The van der Waals surface area contributed by atoms with Crippen LogP contribution in [0.25, 0.3) is 0 Å². The first-order valence-corrected chi connectivity index (χ1v) is 6.07. The van der Waals surface area contributed by atoms with Crippen molar-refractivity contribution in [2.24, 2.45) is 0 Å². The van der Waals surface area contributed by atoms with Gasteiger partial charge in [0.2, 0.25) is 0 Å². The molecule has 0 aliphatic rings. The molecule has 0 amide bonds. The summed E-state index contributed by atoms with van der Waals surface area (Å²) in [6.07, 6.45) is 2.45. The zero-order valence-electron chi connectivity index (χ0n) is 11.0. The number of hydrogen-bond donors (Lipinski definition) is 2. The van der Waals surface area contributed by atoms with Gasteiger partial charge >= 0.3 is 0 Å². The van der Waals surface area contributed by atoms with Gasteiger partial charge in [-0.25, -0.2) is 0 Å². The van der Waals surface area contributed by atoms with E-state index in [1.54, 1.807) is 7.11 Å². The first-order chi connectivity index (χ1) is 8.07. The number of aliphatic hydroxyl groups is 1. The molecule has 0 saturated heterocycles. The highest BCUT2D eigenvalue weighted by Gasteiger charge is 2.19. The minimum atomic E-state index is -0.594. The Labute approximate surface area is 104 Å². The molecule has 1 unspecified atom stereocenters. The van der Waals surface area contributed by atoms with Gasteiger partial charge in [-0.1, -0.05) is 12.1 Å². The van der Waals surface area contributed by atoms with Gasteiger partial charge < -0.3 is 15.2 Å². The number of benzene rings is 1. The summed E-state index contributed by atoms with van der Waals surface area (Å²) < 4.78 is 5.11. The highest BCUT2D eigenvalue weighted by atomic mass is 16.5. The predicted octanol–water partition coefficient (Wildman–Crippen LogP) is 1.99. The predicted molar refractivity (Wildman–Crippen MR) is 70.5 cm³/mol. The Morgan fingerprint density at radius 2 is 1.88 bits per heavy atom. The molecule has 0 heterocycles. The Bertz CT molecular complexity index is 319. The fraction of sp³-hybridized carbons (Fsp3) is 0.571. The summed E-state index contributed by atoms with van der Waals surface area (Å²) in [6, 6.07) is 8.01. The Morgan fingerprint density at radius 3 is 2.41 bits per heavy atom. The van der Waals surface area contributed by atoms with E-state index in [1.165, 1.54) is 5.56 Å². The Balaban J connectivity index is 2.43. The molecule has 17 heavy (non-hydrogen) atoms. The van der Waals surface area contributed by atoms with E-state index >= 15 is 0 Å². The molecule has 0 bridgehead atoms. The number of ether oxygens (including phenoxy) is 1. The van der Waals surface area contributed by atoms with Crippen molar-refractivity contribution < 1.29 is 9.84 Å². The summed E-state index contributed by atoms with van der Waals surface area (Å²) in [5.74, 6) is 0.871. The zero-order valence-corrected chi connectivity index (χ0v) is 11.0. The average molecular weight is 237 g/mol. The molecule has 1 aromatic rings. The number of hydrogen-bond acceptors (Lipinski definition) is 3. The van der Waals surface area contributed by atoms with Gasteiger partial charge in [0.05, 0.1) is 12.7 Å². The van der Waals surface area contributed by atoms with Crippen molar-refractivity contribution in [3.05, 3.63) is 29.8 Å². The summed E-state index contributed by atoms with van der Waals surface area (Å²) >= 11 is 0. The maximum atomic E-state index is 10.1. The van der Waals surface area contributed by atoms with Crippen LogP contribution in [-0.4, -0.2) is 31.4 Å². The molecule has 0 aliphatic carbocycles. The standard InChI is InChI=1S/C14H23NO2/c1-14(16,10-11-15-2)9-8-12-4-6-13(17-3)7-5-12/h4-7,15-16H,8-11H2,1-3H3. The number of nitrogens with one attached hydrogen (secondary N) is 1. The second-order valence-electron chi connectivity index (χ2n) is 4.70. The summed E-state index contributed by atoms with van der Waals surface area (Å²) in [4.78, 5) is 0. The quantitative estimate of drug-likeness (QED) is 0.762. The monoisotopic (exact) mass is 237 g/mol. The summed E-state index contributed by atoms with van der Waals surface area (Å²) in [5.41, 5.74) is 0.638. The van der Waals surface area contributed by atoms with Gasteiger partial charge in [-0.15, -0.1) is 0 Å². The molecule has 0 aliphatic heterocycles. The van der Waals surface area contributed by atoms with E-state index < -0.39 is 5.60 Å². The highest BCUT2D eigenvalue weighted by molar-refractivity contribution is 5.27. The van der Waals surface area contributed by atoms with Crippen molar-refractivity contribution in [3.8, 4) is 5.75 Å². The lowest BCUT2D eigenvalue weighted by atomic mass is 9.93. The van der Waals surface area contributed by atoms with Crippen LogP contribution in [-0.2, 0) is 6.42 Å². The molecule has 1 aromatic carbocycles. The van der Waals surface area contributed by atoms with Gasteiger partial charge in [-0.3, -0.25) is 0 Å². The van der Waals surface area contributed by atoms with E-state index in [1.807, 2.05) is 38.2 Å². The van der Waals surface area contributed by atoms with Crippen molar-refractivity contribution in [1.82, 2.24) is 5.32 Å². The second-order valence-corrected chi connectivity index (χ2v) is 4.70. The van der Waals surface area contributed by atoms with E-state index in [2.05, 4.69) is 5.32 Å². The molecule has 0 spiro atoms.